The molecule has 20 heavy (non-hydrogen) atoms. The first-order chi connectivity index (χ1) is 9.70. The summed E-state index contributed by atoms with van der Waals surface area (Å²) < 4.78 is 5.67. The van der Waals surface area contributed by atoms with Gasteiger partial charge < -0.3 is 9.40 Å². The minimum atomic E-state index is -0.308. The molecule has 0 saturated carbocycles. The molecule has 0 radical (unpaired) electrons. The predicted octanol–water partition coefficient (Wildman–Crippen LogP) is 3.08. The summed E-state index contributed by atoms with van der Waals surface area (Å²) in [6.07, 6.45) is 5.05. The van der Waals surface area contributed by atoms with Crippen molar-refractivity contribution in [1.29, 1.82) is 5.26 Å². The van der Waals surface area contributed by atoms with Gasteiger partial charge in [0.1, 0.15) is 23.2 Å². The third kappa shape index (κ3) is 2.05. The van der Waals surface area contributed by atoms with Crippen LogP contribution in [-0.2, 0) is 12.8 Å². The second kappa shape index (κ2) is 5.01. The maximum absolute atomic E-state index is 12.1. The molecule has 0 amide bonds. The third-order valence-corrected chi connectivity index (χ3v) is 3.86. The largest absolute Gasteiger partial charge is 0.461 e. The Balaban J connectivity index is 2.32. The van der Waals surface area contributed by atoms with Crippen molar-refractivity contribution >= 4 is 0 Å². The highest BCUT2D eigenvalue weighted by atomic mass is 16.3. The molecule has 0 aromatic carbocycles. The van der Waals surface area contributed by atoms with E-state index in [1.54, 1.807) is 0 Å². The van der Waals surface area contributed by atoms with Crippen molar-refractivity contribution in [1.82, 2.24) is 4.98 Å². The summed E-state index contributed by atoms with van der Waals surface area (Å²) >= 11 is 0. The average Bonchev–Trinajstić information content (AvgIpc) is 2.72. The van der Waals surface area contributed by atoms with Crippen LogP contribution in [0.3, 0.4) is 0 Å². The first-order valence-corrected chi connectivity index (χ1v) is 6.95. The lowest BCUT2D eigenvalue weighted by Gasteiger charge is -2.12. The molecule has 0 atom stereocenters. The van der Waals surface area contributed by atoms with Crippen LogP contribution in [0.2, 0.25) is 0 Å². The Kier molecular flexibility index (Phi) is 3.19. The fourth-order valence-electron chi connectivity index (χ4n) is 2.91. The van der Waals surface area contributed by atoms with E-state index in [1.807, 2.05) is 25.1 Å². The second-order valence-electron chi connectivity index (χ2n) is 5.24. The van der Waals surface area contributed by atoms with Crippen molar-refractivity contribution < 1.29 is 4.42 Å². The molecule has 2 heterocycles. The first kappa shape index (κ1) is 12.7. The standard InChI is InChI=1S/C16H16N2O2/c1-10-7-8-14(20-10)15-11-5-3-2-4-6-13(11)18-16(19)12(15)9-17/h7-8H,2-6H2,1H3,(H,18,19). The number of pyridine rings is 1. The van der Waals surface area contributed by atoms with Crippen LogP contribution in [0.4, 0.5) is 0 Å². The molecule has 2 aromatic heterocycles. The number of rotatable bonds is 1. The number of nitrogens with zero attached hydrogens (tertiary/aromatic N) is 1. The molecule has 0 unspecified atom stereocenters. The van der Waals surface area contributed by atoms with Gasteiger partial charge in [-0.05, 0) is 50.3 Å². The topological polar surface area (TPSA) is 69.8 Å². The smallest absolute Gasteiger partial charge is 0.266 e. The van der Waals surface area contributed by atoms with Crippen LogP contribution >= 0.6 is 0 Å². The minimum absolute atomic E-state index is 0.167. The van der Waals surface area contributed by atoms with Crippen LogP contribution in [0.25, 0.3) is 11.3 Å². The number of aromatic nitrogens is 1. The van der Waals surface area contributed by atoms with Gasteiger partial charge in [0.2, 0.25) is 0 Å². The van der Waals surface area contributed by atoms with Gasteiger partial charge in [0, 0.05) is 11.3 Å². The molecular weight excluding hydrogens is 252 g/mol. The Morgan fingerprint density at radius 1 is 1.25 bits per heavy atom. The van der Waals surface area contributed by atoms with Gasteiger partial charge in [0.15, 0.2) is 0 Å². The van der Waals surface area contributed by atoms with Crippen LogP contribution < -0.4 is 5.56 Å². The molecule has 0 saturated heterocycles. The van der Waals surface area contributed by atoms with Gasteiger partial charge in [-0.2, -0.15) is 5.26 Å². The van der Waals surface area contributed by atoms with Gasteiger partial charge in [-0.15, -0.1) is 0 Å². The summed E-state index contributed by atoms with van der Waals surface area (Å²) in [7, 11) is 0. The highest BCUT2D eigenvalue weighted by Crippen LogP contribution is 2.32. The Morgan fingerprint density at radius 2 is 2.05 bits per heavy atom. The average molecular weight is 268 g/mol. The molecule has 2 aromatic rings. The van der Waals surface area contributed by atoms with Crippen molar-refractivity contribution in [2.45, 2.75) is 39.0 Å². The van der Waals surface area contributed by atoms with Crippen molar-refractivity contribution in [2.75, 3.05) is 0 Å². The number of nitrogens with one attached hydrogen (secondary N) is 1. The van der Waals surface area contributed by atoms with Crippen molar-refractivity contribution in [3.63, 3.8) is 0 Å². The number of furan rings is 1. The van der Waals surface area contributed by atoms with Crippen LogP contribution in [0.5, 0.6) is 0 Å². The van der Waals surface area contributed by atoms with E-state index in [9.17, 15) is 10.1 Å². The summed E-state index contributed by atoms with van der Waals surface area (Å²) in [6.45, 7) is 1.86. The van der Waals surface area contributed by atoms with Gasteiger partial charge in [0.05, 0.1) is 0 Å². The van der Waals surface area contributed by atoms with Gasteiger partial charge in [-0.3, -0.25) is 4.79 Å². The van der Waals surface area contributed by atoms with E-state index in [1.165, 1.54) is 0 Å². The fourth-order valence-corrected chi connectivity index (χ4v) is 2.91. The van der Waals surface area contributed by atoms with Gasteiger partial charge >= 0.3 is 0 Å². The number of hydrogen-bond donors (Lipinski definition) is 1. The number of aryl methyl sites for hydroxylation is 2. The lowest BCUT2D eigenvalue weighted by atomic mass is 9.96. The SMILES string of the molecule is Cc1ccc(-c2c3c([nH]c(=O)c2C#N)CCCCC3)o1. The van der Waals surface area contributed by atoms with E-state index in [0.29, 0.717) is 11.3 Å². The number of aromatic amines is 1. The highest BCUT2D eigenvalue weighted by molar-refractivity contribution is 5.70. The van der Waals surface area contributed by atoms with Crippen LogP contribution in [0.15, 0.2) is 21.3 Å². The molecule has 0 spiro atoms. The summed E-state index contributed by atoms with van der Waals surface area (Å²) in [5.41, 5.74) is 2.60. The van der Waals surface area contributed by atoms with E-state index in [-0.39, 0.29) is 11.1 Å². The first-order valence-electron chi connectivity index (χ1n) is 6.95. The van der Waals surface area contributed by atoms with E-state index in [0.717, 1.165) is 49.1 Å². The van der Waals surface area contributed by atoms with Crippen LogP contribution in [0.1, 0.15) is 41.8 Å². The van der Waals surface area contributed by atoms with Crippen molar-refractivity contribution in [2.24, 2.45) is 0 Å². The predicted molar refractivity (Wildman–Crippen MR) is 75.5 cm³/mol. The molecule has 102 valence electrons. The maximum Gasteiger partial charge on any atom is 0.266 e. The lowest BCUT2D eigenvalue weighted by Crippen LogP contribution is -2.17. The van der Waals surface area contributed by atoms with E-state index in [2.05, 4.69) is 4.98 Å². The quantitative estimate of drug-likeness (QED) is 0.808. The summed E-state index contributed by atoms with van der Waals surface area (Å²) in [5, 5.41) is 9.33. The lowest BCUT2D eigenvalue weighted by molar-refractivity contribution is 0.547. The molecule has 0 aliphatic heterocycles. The van der Waals surface area contributed by atoms with Gasteiger partial charge in [-0.25, -0.2) is 0 Å². The molecule has 4 nitrogen and oxygen atoms in total. The third-order valence-electron chi connectivity index (χ3n) is 3.86. The molecule has 3 rings (SSSR count). The van der Waals surface area contributed by atoms with E-state index < -0.39 is 0 Å². The molecular formula is C16H16N2O2. The Hall–Kier alpha value is -2.28. The summed E-state index contributed by atoms with van der Waals surface area (Å²) in [6, 6.07) is 5.74. The van der Waals surface area contributed by atoms with Crippen molar-refractivity contribution in [3.05, 3.63) is 45.1 Å². The molecule has 1 aliphatic carbocycles. The fraction of sp³-hybridized carbons (Fsp3) is 0.375. The van der Waals surface area contributed by atoms with Crippen LogP contribution in [0, 0.1) is 18.3 Å². The maximum atomic E-state index is 12.1. The molecule has 1 aliphatic rings. The van der Waals surface area contributed by atoms with E-state index >= 15 is 0 Å². The summed E-state index contributed by atoms with van der Waals surface area (Å²) in [5.74, 6) is 1.41. The number of H-pyrrole nitrogens is 1. The van der Waals surface area contributed by atoms with Crippen LogP contribution in [-0.4, -0.2) is 4.98 Å². The van der Waals surface area contributed by atoms with Gasteiger partial charge in [0.25, 0.3) is 5.56 Å². The zero-order valence-corrected chi connectivity index (χ0v) is 11.5. The summed E-state index contributed by atoms with van der Waals surface area (Å²) in [4.78, 5) is 15.0. The highest BCUT2D eigenvalue weighted by Gasteiger charge is 2.22. The zero-order chi connectivity index (χ0) is 14.1. The molecule has 0 bridgehead atoms. The Bertz CT molecular complexity index is 747. The number of fused-ring (bicyclic) bond motifs is 1. The second-order valence-corrected chi connectivity index (χ2v) is 5.24. The monoisotopic (exact) mass is 268 g/mol. The normalized spacial score (nSPS) is 14.4. The number of nitriles is 1. The Morgan fingerprint density at radius 3 is 2.75 bits per heavy atom. The minimum Gasteiger partial charge on any atom is -0.461 e. The Labute approximate surface area is 117 Å². The van der Waals surface area contributed by atoms with Crippen molar-refractivity contribution in [3.8, 4) is 17.4 Å². The molecule has 0 fully saturated rings. The zero-order valence-electron chi connectivity index (χ0n) is 11.5. The molecule has 4 heteroatoms. The van der Waals surface area contributed by atoms with E-state index in [4.69, 9.17) is 4.42 Å². The number of hydrogen-bond acceptors (Lipinski definition) is 3. The van der Waals surface area contributed by atoms with Gasteiger partial charge in [-0.1, -0.05) is 6.42 Å². The molecule has 1 N–H and O–H groups in total.